The second-order valence-corrected chi connectivity index (χ2v) is 5.39. The maximum atomic E-state index is 11.8. The first-order valence-electron chi connectivity index (χ1n) is 7.96. The van der Waals surface area contributed by atoms with Gasteiger partial charge in [-0.2, -0.15) is 0 Å². The molecule has 108 valence electrons. The van der Waals surface area contributed by atoms with Gasteiger partial charge in [0.15, 0.2) is 0 Å². The van der Waals surface area contributed by atoms with E-state index in [2.05, 4.69) is 13.8 Å². The van der Waals surface area contributed by atoms with Gasteiger partial charge in [-0.15, -0.1) is 0 Å². The minimum absolute atomic E-state index is 0.333. The molecule has 0 fully saturated rings. The molecule has 0 aliphatic rings. The molecule has 0 N–H and O–H groups in total. The summed E-state index contributed by atoms with van der Waals surface area (Å²) in [6, 6.07) is 0. The van der Waals surface area contributed by atoms with Crippen LogP contribution in [0, 0.1) is 0 Å². The third kappa shape index (κ3) is 10.6. The van der Waals surface area contributed by atoms with Crippen molar-refractivity contribution in [3.8, 4) is 0 Å². The lowest BCUT2D eigenvalue weighted by Crippen LogP contribution is -2.27. The highest BCUT2D eigenvalue weighted by Crippen LogP contribution is 2.09. The molecule has 0 radical (unpaired) electrons. The summed E-state index contributed by atoms with van der Waals surface area (Å²) in [4.78, 5) is 13.7. The molecule has 0 rings (SSSR count). The van der Waals surface area contributed by atoms with Crippen LogP contribution in [0.1, 0.15) is 84.5 Å². The third-order valence-electron chi connectivity index (χ3n) is 3.52. The minimum Gasteiger partial charge on any atom is -0.346 e. The van der Waals surface area contributed by atoms with Crippen LogP contribution in [0.3, 0.4) is 0 Å². The molecule has 1 amide bonds. The fourth-order valence-electron chi connectivity index (χ4n) is 2.15. The van der Waals surface area contributed by atoms with Crippen molar-refractivity contribution < 1.29 is 4.79 Å². The lowest BCUT2D eigenvalue weighted by Gasteiger charge is -2.16. The van der Waals surface area contributed by atoms with E-state index in [0.29, 0.717) is 5.91 Å². The van der Waals surface area contributed by atoms with E-state index in [1.807, 2.05) is 11.9 Å². The molecule has 2 heteroatoms. The summed E-state index contributed by atoms with van der Waals surface area (Å²) >= 11 is 0. The van der Waals surface area contributed by atoms with Crippen molar-refractivity contribution in [2.75, 3.05) is 13.6 Å². The summed E-state index contributed by atoms with van der Waals surface area (Å²) in [5, 5.41) is 0. The van der Waals surface area contributed by atoms with Gasteiger partial charge < -0.3 is 4.90 Å². The lowest BCUT2D eigenvalue weighted by atomic mass is 10.1. The summed E-state index contributed by atoms with van der Waals surface area (Å²) in [5.41, 5.74) is 0. The third-order valence-corrected chi connectivity index (χ3v) is 3.52. The van der Waals surface area contributed by atoms with Gasteiger partial charge in [-0.05, 0) is 12.8 Å². The molecule has 0 aliphatic carbocycles. The van der Waals surface area contributed by atoms with Crippen LogP contribution in [-0.4, -0.2) is 24.4 Å². The SMILES string of the molecule is CCCCCCCCCC(=O)N(C)CCCCC. The molecule has 0 bridgehead atoms. The topological polar surface area (TPSA) is 20.3 Å². The zero-order valence-electron chi connectivity index (χ0n) is 12.8. The predicted molar refractivity (Wildman–Crippen MR) is 79.8 cm³/mol. The summed E-state index contributed by atoms with van der Waals surface area (Å²) in [6.07, 6.45) is 13.3. The summed E-state index contributed by atoms with van der Waals surface area (Å²) in [7, 11) is 1.94. The van der Waals surface area contributed by atoms with Crippen LogP contribution in [-0.2, 0) is 4.79 Å². The first-order valence-corrected chi connectivity index (χ1v) is 7.96. The monoisotopic (exact) mass is 255 g/mol. The Labute approximate surface area is 114 Å². The Morgan fingerprint density at radius 2 is 1.28 bits per heavy atom. The largest absolute Gasteiger partial charge is 0.346 e. The first-order chi connectivity index (χ1) is 8.72. The fourth-order valence-corrected chi connectivity index (χ4v) is 2.15. The number of rotatable bonds is 12. The molecule has 0 aliphatic heterocycles. The average Bonchev–Trinajstić information content (AvgIpc) is 2.37. The van der Waals surface area contributed by atoms with Crippen LogP contribution in [0.2, 0.25) is 0 Å². The number of carbonyl (C=O) groups is 1. The molecule has 0 unspecified atom stereocenters. The second-order valence-electron chi connectivity index (χ2n) is 5.39. The van der Waals surface area contributed by atoms with Crippen LogP contribution < -0.4 is 0 Å². The molecule has 0 aromatic carbocycles. The molecular weight excluding hydrogens is 222 g/mol. The number of amides is 1. The van der Waals surface area contributed by atoms with Crippen molar-refractivity contribution in [2.24, 2.45) is 0 Å². The lowest BCUT2D eigenvalue weighted by molar-refractivity contribution is -0.130. The first kappa shape index (κ1) is 17.5. The normalized spacial score (nSPS) is 10.6. The Kier molecular flexibility index (Phi) is 12.5. The number of hydrogen-bond acceptors (Lipinski definition) is 1. The van der Waals surface area contributed by atoms with Crippen molar-refractivity contribution in [2.45, 2.75) is 84.5 Å². The molecule has 0 spiro atoms. The molecular formula is C16H33NO. The van der Waals surface area contributed by atoms with Gasteiger partial charge in [0.2, 0.25) is 5.91 Å². The maximum absolute atomic E-state index is 11.8. The van der Waals surface area contributed by atoms with Crippen molar-refractivity contribution in [1.82, 2.24) is 4.90 Å². The van der Waals surface area contributed by atoms with Crippen LogP contribution in [0.15, 0.2) is 0 Å². The molecule has 0 aromatic rings. The minimum atomic E-state index is 0.333. The standard InChI is InChI=1S/C16H33NO/c1-4-6-8-9-10-11-12-14-16(18)17(3)15-13-7-5-2/h4-15H2,1-3H3. The fraction of sp³-hybridized carbons (Fsp3) is 0.938. The number of unbranched alkanes of at least 4 members (excludes halogenated alkanes) is 8. The van der Waals surface area contributed by atoms with Gasteiger partial charge in [-0.3, -0.25) is 4.79 Å². The number of hydrogen-bond donors (Lipinski definition) is 0. The van der Waals surface area contributed by atoms with Crippen LogP contribution in [0.25, 0.3) is 0 Å². The zero-order valence-corrected chi connectivity index (χ0v) is 12.8. The predicted octanol–water partition coefficient (Wildman–Crippen LogP) is 4.78. The van der Waals surface area contributed by atoms with Gasteiger partial charge in [0.25, 0.3) is 0 Å². The smallest absolute Gasteiger partial charge is 0.222 e. The van der Waals surface area contributed by atoms with E-state index < -0.39 is 0 Å². The maximum Gasteiger partial charge on any atom is 0.222 e. The highest BCUT2D eigenvalue weighted by Gasteiger charge is 2.07. The van der Waals surface area contributed by atoms with Gasteiger partial charge in [-0.1, -0.05) is 65.2 Å². The van der Waals surface area contributed by atoms with Crippen LogP contribution in [0.5, 0.6) is 0 Å². The number of carbonyl (C=O) groups excluding carboxylic acids is 1. The Morgan fingerprint density at radius 1 is 0.778 bits per heavy atom. The quantitative estimate of drug-likeness (QED) is 0.460. The van der Waals surface area contributed by atoms with Gasteiger partial charge in [0.1, 0.15) is 0 Å². The van der Waals surface area contributed by atoms with Crippen LogP contribution in [0.4, 0.5) is 0 Å². The van der Waals surface area contributed by atoms with Crippen LogP contribution >= 0.6 is 0 Å². The van der Waals surface area contributed by atoms with Crippen molar-refractivity contribution >= 4 is 5.91 Å². The molecule has 0 saturated heterocycles. The van der Waals surface area contributed by atoms with E-state index in [0.717, 1.165) is 25.8 Å². The van der Waals surface area contributed by atoms with Gasteiger partial charge in [0, 0.05) is 20.0 Å². The van der Waals surface area contributed by atoms with E-state index >= 15 is 0 Å². The van der Waals surface area contributed by atoms with E-state index in [9.17, 15) is 4.79 Å². The molecule has 0 atom stereocenters. The van der Waals surface area contributed by atoms with E-state index in [1.165, 1.54) is 51.4 Å². The highest BCUT2D eigenvalue weighted by molar-refractivity contribution is 5.75. The van der Waals surface area contributed by atoms with Crippen molar-refractivity contribution in [1.29, 1.82) is 0 Å². The Balaban J connectivity index is 3.35. The summed E-state index contributed by atoms with van der Waals surface area (Å²) < 4.78 is 0. The van der Waals surface area contributed by atoms with E-state index in [-0.39, 0.29) is 0 Å². The zero-order chi connectivity index (χ0) is 13.6. The van der Waals surface area contributed by atoms with Crippen molar-refractivity contribution in [3.05, 3.63) is 0 Å². The van der Waals surface area contributed by atoms with Gasteiger partial charge in [-0.25, -0.2) is 0 Å². The number of nitrogens with zero attached hydrogens (tertiary/aromatic N) is 1. The summed E-state index contributed by atoms with van der Waals surface area (Å²) in [5.74, 6) is 0.333. The Hall–Kier alpha value is -0.530. The van der Waals surface area contributed by atoms with Gasteiger partial charge >= 0.3 is 0 Å². The van der Waals surface area contributed by atoms with E-state index in [4.69, 9.17) is 0 Å². The Bertz CT molecular complexity index is 192. The highest BCUT2D eigenvalue weighted by atomic mass is 16.2. The molecule has 0 aromatic heterocycles. The van der Waals surface area contributed by atoms with E-state index in [1.54, 1.807) is 0 Å². The van der Waals surface area contributed by atoms with Crippen molar-refractivity contribution in [3.63, 3.8) is 0 Å². The average molecular weight is 255 g/mol. The molecule has 18 heavy (non-hydrogen) atoms. The Morgan fingerprint density at radius 3 is 1.89 bits per heavy atom. The molecule has 2 nitrogen and oxygen atoms in total. The molecule has 0 heterocycles. The van der Waals surface area contributed by atoms with Gasteiger partial charge in [0.05, 0.1) is 0 Å². The summed E-state index contributed by atoms with van der Waals surface area (Å²) in [6.45, 7) is 5.37. The molecule has 0 saturated carbocycles. The second kappa shape index (κ2) is 12.9.